The van der Waals surface area contributed by atoms with Crippen LogP contribution in [-0.4, -0.2) is 9.79 Å². The Hall–Kier alpha value is -0.150. The van der Waals surface area contributed by atoms with Crippen LogP contribution in [0.3, 0.4) is 0 Å². The molecule has 0 radical (unpaired) electrons. The van der Waals surface area contributed by atoms with Gasteiger partial charge in [-0.3, -0.25) is 4.57 Å². The van der Waals surface area contributed by atoms with E-state index in [9.17, 15) is 4.57 Å². The third kappa shape index (κ3) is 1.47. The van der Waals surface area contributed by atoms with Crippen molar-refractivity contribution in [1.82, 2.24) is 0 Å². The first kappa shape index (κ1) is 7.95. The van der Waals surface area contributed by atoms with Crippen LogP contribution >= 0.6 is 18.9 Å². The summed E-state index contributed by atoms with van der Waals surface area (Å²) in [6, 6.07) is 1.69. The maximum Gasteiger partial charge on any atom is 0.366 e. The molecule has 1 rings (SSSR count). The fraction of sp³-hybridized carbons (Fsp3) is 0.200. The molecule has 0 amide bonds. The summed E-state index contributed by atoms with van der Waals surface area (Å²) < 4.78 is 10.8. The molecular formula is C5H7O3PS. The van der Waals surface area contributed by atoms with Gasteiger partial charge in [0.05, 0.1) is 0 Å². The van der Waals surface area contributed by atoms with Gasteiger partial charge >= 0.3 is 7.60 Å². The summed E-state index contributed by atoms with van der Waals surface area (Å²) in [5.41, 5.74) is 0.665. The van der Waals surface area contributed by atoms with Crippen molar-refractivity contribution >= 4 is 23.6 Å². The number of rotatable bonds is 1. The molecule has 0 spiro atoms. The largest absolute Gasteiger partial charge is 0.366 e. The maximum atomic E-state index is 10.6. The lowest BCUT2D eigenvalue weighted by Crippen LogP contribution is -2.00. The van der Waals surface area contributed by atoms with E-state index < -0.39 is 7.60 Å². The highest BCUT2D eigenvalue weighted by Gasteiger charge is 2.20. The molecule has 0 saturated heterocycles. The summed E-state index contributed by atoms with van der Waals surface area (Å²) in [5, 5.41) is 1.67. The Labute approximate surface area is 62.5 Å². The van der Waals surface area contributed by atoms with E-state index in [1.165, 1.54) is 0 Å². The Morgan fingerprint density at radius 1 is 1.60 bits per heavy atom. The minimum absolute atomic E-state index is 0.174. The van der Waals surface area contributed by atoms with Gasteiger partial charge in [0, 0.05) is 0 Å². The lowest BCUT2D eigenvalue weighted by atomic mass is 10.4. The van der Waals surface area contributed by atoms with Crippen LogP contribution in [0.25, 0.3) is 0 Å². The number of aryl methyl sites for hydroxylation is 1. The fourth-order valence-electron chi connectivity index (χ4n) is 0.663. The Bertz CT molecular complexity index is 274. The van der Waals surface area contributed by atoms with E-state index >= 15 is 0 Å². The van der Waals surface area contributed by atoms with Crippen molar-refractivity contribution < 1.29 is 14.4 Å². The van der Waals surface area contributed by atoms with Gasteiger partial charge in [-0.1, -0.05) is 0 Å². The van der Waals surface area contributed by atoms with E-state index in [1.807, 2.05) is 0 Å². The zero-order chi connectivity index (χ0) is 7.78. The number of thiophene rings is 1. The number of hydrogen-bond donors (Lipinski definition) is 2. The van der Waals surface area contributed by atoms with E-state index in [0.29, 0.717) is 5.56 Å². The van der Waals surface area contributed by atoms with Crippen LogP contribution in [0.2, 0.25) is 0 Å². The van der Waals surface area contributed by atoms with Crippen LogP contribution in [0.1, 0.15) is 5.56 Å². The molecule has 0 bridgehead atoms. The third-order valence-electron chi connectivity index (χ3n) is 1.10. The van der Waals surface area contributed by atoms with E-state index in [0.717, 1.165) is 11.3 Å². The van der Waals surface area contributed by atoms with Gasteiger partial charge in [-0.15, -0.1) is 11.3 Å². The molecule has 1 aromatic heterocycles. The average molecular weight is 178 g/mol. The molecule has 10 heavy (non-hydrogen) atoms. The smallest absolute Gasteiger partial charge is 0.320 e. The van der Waals surface area contributed by atoms with E-state index in [2.05, 4.69) is 0 Å². The molecule has 3 nitrogen and oxygen atoms in total. The second-order valence-electron chi connectivity index (χ2n) is 1.95. The molecule has 0 atom stereocenters. The van der Waals surface area contributed by atoms with Gasteiger partial charge in [0.25, 0.3) is 0 Å². The monoisotopic (exact) mass is 178 g/mol. The van der Waals surface area contributed by atoms with Crippen molar-refractivity contribution in [3.8, 4) is 0 Å². The molecule has 2 N–H and O–H groups in total. The quantitative estimate of drug-likeness (QED) is 0.627. The van der Waals surface area contributed by atoms with Gasteiger partial charge in [-0.2, -0.15) is 0 Å². The summed E-state index contributed by atoms with van der Waals surface area (Å²) in [6.07, 6.45) is 0. The maximum absolute atomic E-state index is 10.6. The van der Waals surface area contributed by atoms with Crippen molar-refractivity contribution in [3.05, 3.63) is 17.0 Å². The van der Waals surface area contributed by atoms with Crippen molar-refractivity contribution in [2.45, 2.75) is 6.92 Å². The van der Waals surface area contributed by atoms with Gasteiger partial charge in [-0.25, -0.2) is 0 Å². The molecule has 0 fully saturated rings. The van der Waals surface area contributed by atoms with Crippen molar-refractivity contribution in [3.63, 3.8) is 0 Å². The molecule has 5 heteroatoms. The molecule has 0 aromatic carbocycles. The lowest BCUT2D eigenvalue weighted by molar-refractivity contribution is 0.388. The van der Waals surface area contributed by atoms with Crippen molar-refractivity contribution in [2.24, 2.45) is 0 Å². The van der Waals surface area contributed by atoms with Crippen LogP contribution < -0.4 is 4.62 Å². The average Bonchev–Trinajstić information content (AvgIpc) is 2.11. The van der Waals surface area contributed by atoms with Gasteiger partial charge < -0.3 is 9.79 Å². The first-order valence-corrected chi connectivity index (χ1v) is 5.11. The SMILES string of the molecule is Cc1ccsc1P(=O)(O)O. The van der Waals surface area contributed by atoms with Crippen LogP contribution in [-0.2, 0) is 4.57 Å². The summed E-state index contributed by atoms with van der Waals surface area (Å²) in [5.74, 6) is 0. The Balaban J connectivity index is 3.18. The standard InChI is InChI=1S/C5H7O3PS/c1-4-2-3-10-5(4)9(6,7)8/h2-3H,1H3,(H2,6,7,8). The second-order valence-corrected chi connectivity index (χ2v) is 4.71. The zero-order valence-electron chi connectivity index (χ0n) is 5.31. The van der Waals surface area contributed by atoms with Crippen LogP contribution in [0.4, 0.5) is 0 Å². The normalized spacial score (nSPS) is 11.9. The summed E-state index contributed by atoms with van der Waals surface area (Å²) in [4.78, 5) is 17.4. The molecule has 0 aliphatic carbocycles. The predicted molar refractivity (Wildman–Crippen MR) is 40.7 cm³/mol. The van der Waals surface area contributed by atoms with Crippen molar-refractivity contribution in [1.29, 1.82) is 0 Å². The van der Waals surface area contributed by atoms with Crippen LogP contribution in [0.15, 0.2) is 11.4 Å². The Morgan fingerprint density at radius 2 is 2.20 bits per heavy atom. The molecule has 0 aliphatic rings. The first-order valence-electron chi connectivity index (χ1n) is 2.62. The fourth-order valence-corrected chi connectivity index (χ4v) is 2.58. The summed E-state index contributed by atoms with van der Waals surface area (Å²) in [7, 11) is -3.99. The van der Waals surface area contributed by atoms with Crippen LogP contribution in [0.5, 0.6) is 0 Å². The van der Waals surface area contributed by atoms with Gasteiger partial charge in [-0.05, 0) is 23.9 Å². The highest BCUT2D eigenvalue weighted by molar-refractivity contribution is 7.67. The Morgan fingerprint density at radius 3 is 2.40 bits per heavy atom. The second kappa shape index (κ2) is 2.47. The minimum Gasteiger partial charge on any atom is -0.320 e. The van der Waals surface area contributed by atoms with Gasteiger partial charge in [0.1, 0.15) is 4.62 Å². The molecule has 1 aromatic rings. The summed E-state index contributed by atoms with van der Waals surface area (Å²) >= 11 is 1.09. The van der Waals surface area contributed by atoms with E-state index in [1.54, 1.807) is 18.4 Å². The van der Waals surface area contributed by atoms with Gasteiger partial charge in [0.15, 0.2) is 0 Å². The van der Waals surface area contributed by atoms with E-state index in [4.69, 9.17) is 9.79 Å². The highest BCUT2D eigenvalue weighted by atomic mass is 32.1. The molecule has 56 valence electrons. The predicted octanol–water partition coefficient (Wildman–Crippen LogP) is 0.860. The Kier molecular flexibility index (Phi) is 1.97. The first-order chi connectivity index (χ1) is 4.52. The zero-order valence-corrected chi connectivity index (χ0v) is 7.02. The third-order valence-corrected chi connectivity index (χ3v) is 3.83. The highest BCUT2D eigenvalue weighted by Crippen LogP contribution is 2.36. The molecular weight excluding hydrogens is 171 g/mol. The lowest BCUT2D eigenvalue weighted by Gasteiger charge is -1.99. The molecule has 1 heterocycles. The summed E-state index contributed by atoms with van der Waals surface area (Å²) in [6.45, 7) is 1.69. The topological polar surface area (TPSA) is 57.5 Å². The van der Waals surface area contributed by atoms with E-state index in [-0.39, 0.29) is 4.62 Å². The van der Waals surface area contributed by atoms with Crippen LogP contribution in [0, 0.1) is 6.92 Å². The molecule has 0 saturated carbocycles. The van der Waals surface area contributed by atoms with Gasteiger partial charge in [0.2, 0.25) is 0 Å². The number of hydrogen-bond acceptors (Lipinski definition) is 2. The molecule has 0 unspecified atom stereocenters. The molecule has 0 aliphatic heterocycles. The minimum atomic E-state index is -3.99. The van der Waals surface area contributed by atoms with Crippen molar-refractivity contribution in [2.75, 3.05) is 0 Å².